The first-order valence-corrected chi connectivity index (χ1v) is 8.39. The van der Waals surface area contributed by atoms with Gasteiger partial charge >= 0.3 is 0 Å². The molecule has 0 saturated heterocycles. The molecule has 3 rings (SSSR count). The van der Waals surface area contributed by atoms with Gasteiger partial charge in [-0.05, 0) is 43.2 Å². The molecule has 2 aromatic rings. The summed E-state index contributed by atoms with van der Waals surface area (Å²) in [4.78, 5) is 8.05. The number of hydrogen-bond donors (Lipinski definition) is 2. The zero-order valence-corrected chi connectivity index (χ0v) is 13.2. The van der Waals surface area contributed by atoms with Gasteiger partial charge in [0.25, 0.3) is 0 Å². The minimum absolute atomic E-state index is 0.655. The van der Waals surface area contributed by atoms with Gasteiger partial charge in [0.05, 0.1) is 17.6 Å². The van der Waals surface area contributed by atoms with Crippen LogP contribution in [0.25, 0.3) is 11.0 Å². The second kappa shape index (κ2) is 6.61. The fourth-order valence-corrected chi connectivity index (χ4v) is 3.53. The van der Waals surface area contributed by atoms with Crippen molar-refractivity contribution in [3.8, 4) is 0 Å². The predicted molar refractivity (Wildman–Crippen MR) is 88.1 cm³/mol. The standard InChI is InChI=1S/C18H27N3/c1-13(2)14-6-5-7-15(11-10-14)19-12-18-20-16-8-3-4-9-17(16)21-18/h3-4,8-9,13-15,19H,5-7,10-12H2,1-2H3,(H,20,21). The molecule has 1 aromatic heterocycles. The molecule has 2 N–H and O–H groups in total. The van der Waals surface area contributed by atoms with Crippen molar-refractivity contribution in [1.29, 1.82) is 0 Å². The van der Waals surface area contributed by atoms with E-state index in [4.69, 9.17) is 0 Å². The van der Waals surface area contributed by atoms with Crippen molar-refractivity contribution < 1.29 is 0 Å². The van der Waals surface area contributed by atoms with E-state index in [9.17, 15) is 0 Å². The molecule has 2 unspecified atom stereocenters. The third-order valence-electron chi connectivity index (χ3n) is 4.95. The maximum Gasteiger partial charge on any atom is 0.121 e. The van der Waals surface area contributed by atoms with Gasteiger partial charge in [0.1, 0.15) is 5.82 Å². The number of benzene rings is 1. The molecule has 1 aromatic carbocycles. The van der Waals surface area contributed by atoms with E-state index in [0.717, 1.165) is 35.2 Å². The van der Waals surface area contributed by atoms with Crippen LogP contribution in [0, 0.1) is 11.8 Å². The fraction of sp³-hybridized carbons (Fsp3) is 0.611. The van der Waals surface area contributed by atoms with Gasteiger partial charge in [0.15, 0.2) is 0 Å². The van der Waals surface area contributed by atoms with E-state index in [1.165, 1.54) is 32.1 Å². The second-order valence-corrected chi connectivity index (χ2v) is 6.79. The van der Waals surface area contributed by atoms with Gasteiger partial charge in [-0.15, -0.1) is 0 Å². The number of nitrogens with one attached hydrogen (secondary N) is 2. The van der Waals surface area contributed by atoms with Crippen LogP contribution in [0.15, 0.2) is 24.3 Å². The monoisotopic (exact) mass is 285 g/mol. The van der Waals surface area contributed by atoms with Crippen LogP contribution in [0.5, 0.6) is 0 Å². The van der Waals surface area contributed by atoms with Crippen molar-refractivity contribution in [2.75, 3.05) is 0 Å². The van der Waals surface area contributed by atoms with Crippen LogP contribution in [-0.2, 0) is 6.54 Å². The third kappa shape index (κ3) is 3.65. The van der Waals surface area contributed by atoms with E-state index < -0.39 is 0 Å². The molecule has 0 aliphatic heterocycles. The normalized spacial score (nSPS) is 23.6. The lowest BCUT2D eigenvalue weighted by atomic mass is 9.89. The average Bonchev–Trinajstić information content (AvgIpc) is 2.74. The molecule has 1 saturated carbocycles. The van der Waals surface area contributed by atoms with E-state index in [1.54, 1.807) is 0 Å². The maximum atomic E-state index is 4.65. The summed E-state index contributed by atoms with van der Waals surface area (Å²) >= 11 is 0. The summed E-state index contributed by atoms with van der Waals surface area (Å²) in [6.45, 7) is 5.59. The van der Waals surface area contributed by atoms with Crippen LogP contribution in [0.1, 0.15) is 51.8 Å². The smallest absolute Gasteiger partial charge is 0.121 e. The van der Waals surface area contributed by atoms with Crippen LogP contribution in [-0.4, -0.2) is 16.0 Å². The molecule has 0 radical (unpaired) electrons. The molecule has 0 bridgehead atoms. The highest BCUT2D eigenvalue weighted by Crippen LogP contribution is 2.28. The van der Waals surface area contributed by atoms with Crippen LogP contribution < -0.4 is 5.32 Å². The average molecular weight is 285 g/mol. The summed E-state index contributed by atoms with van der Waals surface area (Å²) in [5.41, 5.74) is 2.20. The Morgan fingerprint density at radius 1 is 1.19 bits per heavy atom. The van der Waals surface area contributed by atoms with E-state index in [-0.39, 0.29) is 0 Å². The zero-order valence-electron chi connectivity index (χ0n) is 13.2. The minimum Gasteiger partial charge on any atom is -0.341 e. The Labute approximate surface area is 127 Å². The highest BCUT2D eigenvalue weighted by atomic mass is 15.0. The van der Waals surface area contributed by atoms with Gasteiger partial charge in [0.2, 0.25) is 0 Å². The number of para-hydroxylation sites is 2. The Kier molecular flexibility index (Phi) is 4.59. The molecule has 0 amide bonds. The Balaban J connectivity index is 1.55. The maximum absolute atomic E-state index is 4.65. The first kappa shape index (κ1) is 14.6. The van der Waals surface area contributed by atoms with Gasteiger partial charge in [-0.1, -0.05) is 38.8 Å². The van der Waals surface area contributed by atoms with Gasteiger partial charge in [0, 0.05) is 6.04 Å². The first-order valence-electron chi connectivity index (χ1n) is 8.39. The van der Waals surface area contributed by atoms with Crippen molar-refractivity contribution >= 4 is 11.0 Å². The van der Waals surface area contributed by atoms with Crippen LogP contribution >= 0.6 is 0 Å². The topological polar surface area (TPSA) is 40.7 Å². The third-order valence-corrected chi connectivity index (χ3v) is 4.95. The number of aromatic amines is 1. The molecule has 3 heteroatoms. The van der Waals surface area contributed by atoms with Crippen LogP contribution in [0.2, 0.25) is 0 Å². The molecule has 1 aliphatic carbocycles. The van der Waals surface area contributed by atoms with E-state index in [1.807, 2.05) is 6.07 Å². The predicted octanol–water partition coefficient (Wildman–Crippen LogP) is 4.26. The Bertz CT molecular complexity index is 540. The lowest BCUT2D eigenvalue weighted by Gasteiger charge is -2.18. The van der Waals surface area contributed by atoms with Gasteiger partial charge < -0.3 is 10.3 Å². The largest absolute Gasteiger partial charge is 0.341 e. The van der Waals surface area contributed by atoms with Gasteiger partial charge in [-0.3, -0.25) is 0 Å². The minimum atomic E-state index is 0.655. The lowest BCUT2D eigenvalue weighted by molar-refractivity contribution is 0.337. The van der Waals surface area contributed by atoms with E-state index in [0.29, 0.717) is 6.04 Å². The van der Waals surface area contributed by atoms with Crippen molar-refractivity contribution in [3.63, 3.8) is 0 Å². The van der Waals surface area contributed by atoms with Crippen LogP contribution in [0.4, 0.5) is 0 Å². The lowest BCUT2D eigenvalue weighted by Crippen LogP contribution is -2.28. The molecular formula is C18H27N3. The zero-order chi connectivity index (χ0) is 14.7. The Morgan fingerprint density at radius 2 is 2.05 bits per heavy atom. The fourth-order valence-electron chi connectivity index (χ4n) is 3.53. The molecule has 21 heavy (non-hydrogen) atoms. The molecule has 3 nitrogen and oxygen atoms in total. The van der Waals surface area contributed by atoms with E-state index in [2.05, 4.69) is 47.3 Å². The van der Waals surface area contributed by atoms with Gasteiger partial charge in [-0.25, -0.2) is 4.98 Å². The van der Waals surface area contributed by atoms with Crippen molar-refractivity contribution in [1.82, 2.24) is 15.3 Å². The quantitative estimate of drug-likeness (QED) is 0.824. The molecule has 1 heterocycles. The number of imidazole rings is 1. The van der Waals surface area contributed by atoms with E-state index >= 15 is 0 Å². The highest BCUT2D eigenvalue weighted by molar-refractivity contribution is 5.74. The molecule has 1 fully saturated rings. The van der Waals surface area contributed by atoms with Crippen LogP contribution in [0.3, 0.4) is 0 Å². The Hall–Kier alpha value is -1.35. The van der Waals surface area contributed by atoms with Gasteiger partial charge in [-0.2, -0.15) is 0 Å². The Morgan fingerprint density at radius 3 is 2.86 bits per heavy atom. The summed E-state index contributed by atoms with van der Waals surface area (Å²) in [6.07, 6.45) is 6.75. The first-order chi connectivity index (χ1) is 10.2. The van der Waals surface area contributed by atoms with Crippen molar-refractivity contribution in [2.45, 2.75) is 58.5 Å². The summed E-state index contributed by atoms with van der Waals surface area (Å²) in [7, 11) is 0. The highest BCUT2D eigenvalue weighted by Gasteiger charge is 2.20. The van der Waals surface area contributed by atoms with Crippen molar-refractivity contribution in [3.05, 3.63) is 30.1 Å². The molecule has 0 spiro atoms. The number of H-pyrrole nitrogens is 1. The number of rotatable bonds is 4. The summed E-state index contributed by atoms with van der Waals surface area (Å²) < 4.78 is 0. The van der Waals surface area contributed by atoms with Crippen molar-refractivity contribution in [2.24, 2.45) is 11.8 Å². The number of aromatic nitrogens is 2. The second-order valence-electron chi connectivity index (χ2n) is 6.79. The molecule has 2 atom stereocenters. The molecular weight excluding hydrogens is 258 g/mol. The summed E-state index contributed by atoms with van der Waals surface area (Å²) in [6, 6.07) is 8.90. The summed E-state index contributed by atoms with van der Waals surface area (Å²) in [5.74, 6) is 2.81. The summed E-state index contributed by atoms with van der Waals surface area (Å²) in [5, 5.41) is 3.70. The number of nitrogens with zero attached hydrogens (tertiary/aromatic N) is 1. The number of hydrogen-bond acceptors (Lipinski definition) is 2. The molecule has 1 aliphatic rings. The SMILES string of the molecule is CC(C)C1CCCC(NCc2nc3ccccc3[nH]2)CC1. The number of fused-ring (bicyclic) bond motifs is 1. The molecule has 114 valence electrons.